The highest BCUT2D eigenvalue weighted by Crippen LogP contribution is 2.14. The number of carbonyl (C=O) groups is 1. The van der Waals surface area contributed by atoms with Crippen molar-refractivity contribution in [3.05, 3.63) is 60.8 Å². The molecule has 0 saturated carbocycles. The molecule has 0 aliphatic carbocycles. The fraction of sp³-hybridized carbons (Fsp3) is 0.792. The topological polar surface area (TPSA) is 55.8 Å². The second-order valence-corrected chi connectivity index (χ2v) is 16.5. The maximum atomic E-state index is 12.3. The number of allylic oxidation sites excluding steroid dienone is 10. The van der Waals surface area contributed by atoms with Crippen LogP contribution in [0, 0.1) is 0 Å². The molecule has 0 aliphatic heterocycles. The SMILES string of the molecule is CCCCCCC/C=C\C/C=C\C/C=C\CCCCCCCCCCC(=O)OC(CO)COCCCCCCCCCCCC/C=C\C/C=C\CCCCCCC. The molecule has 0 spiro atoms. The number of esters is 1. The monoisotopic (exact) mass is 797 g/mol. The first-order valence-corrected chi connectivity index (χ1v) is 24.9. The van der Waals surface area contributed by atoms with E-state index in [0.29, 0.717) is 19.6 Å². The number of ether oxygens (including phenoxy) is 2. The first kappa shape index (κ1) is 55.1. The lowest BCUT2D eigenvalue weighted by Gasteiger charge is -2.16. The van der Waals surface area contributed by atoms with E-state index in [-0.39, 0.29) is 12.6 Å². The molecule has 4 heteroatoms. The predicted molar refractivity (Wildman–Crippen MR) is 251 cm³/mol. The molecular formula is C53H96O4. The highest BCUT2D eigenvalue weighted by molar-refractivity contribution is 5.69. The summed E-state index contributed by atoms with van der Waals surface area (Å²) in [5.41, 5.74) is 0. The molecule has 0 radical (unpaired) electrons. The van der Waals surface area contributed by atoms with Crippen LogP contribution in [0.4, 0.5) is 0 Å². The molecule has 0 bridgehead atoms. The van der Waals surface area contributed by atoms with Gasteiger partial charge in [-0.3, -0.25) is 4.79 Å². The Morgan fingerprint density at radius 3 is 1.11 bits per heavy atom. The molecule has 0 aromatic rings. The second-order valence-electron chi connectivity index (χ2n) is 16.5. The van der Waals surface area contributed by atoms with Crippen molar-refractivity contribution in [1.82, 2.24) is 0 Å². The van der Waals surface area contributed by atoms with Crippen molar-refractivity contribution in [2.75, 3.05) is 19.8 Å². The van der Waals surface area contributed by atoms with E-state index < -0.39 is 6.10 Å². The summed E-state index contributed by atoms with van der Waals surface area (Å²) in [5.74, 6) is -0.208. The predicted octanol–water partition coefficient (Wildman–Crippen LogP) is 16.8. The van der Waals surface area contributed by atoms with Gasteiger partial charge in [0.15, 0.2) is 0 Å². The Balaban J connectivity index is 3.45. The van der Waals surface area contributed by atoms with Crippen molar-refractivity contribution in [3.8, 4) is 0 Å². The van der Waals surface area contributed by atoms with Crippen molar-refractivity contribution in [1.29, 1.82) is 0 Å². The van der Waals surface area contributed by atoms with Gasteiger partial charge in [-0.05, 0) is 83.5 Å². The van der Waals surface area contributed by atoms with Gasteiger partial charge in [0.2, 0.25) is 0 Å². The highest BCUT2D eigenvalue weighted by atomic mass is 16.6. The number of hydrogen-bond donors (Lipinski definition) is 1. The summed E-state index contributed by atoms with van der Waals surface area (Å²) in [5, 5.41) is 9.64. The second kappa shape index (κ2) is 50.2. The van der Waals surface area contributed by atoms with Crippen LogP contribution in [-0.4, -0.2) is 37.0 Å². The van der Waals surface area contributed by atoms with Gasteiger partial charge in [-0.15, -0.1) is 0 Å². The molecule has 4 nitrogen and oxygen atoms in total. The Hall–Kier alpha value is -1.91. The van der Waals surface area contributed by atoms with Crippen LogP contribution >= 0.6 is 0 Å². The fourth-order valence-corrected chi connectivity index (χ4v) is 7.07. The maximum absolute atomic E-state index is 12.3. The van der Waals surface area contributed by atoms with Gasteiger partial charge < -0.3 is 14.6 Å². The van der Waals surface area contributed by atoms with Crippen molar-refractivity contribution in [3.63, 3.8) is 0 Å². The molecule has 0 aliphatic rings. The van der Waals surface area contributed by atoms with Crippen LogP contribution in [0.2, 0.25) is 0 Å². The van der Waals surface area contributed by atoms with Crippen LogP contribution < -0.4 is 0 Å². The normalized spacial score (nSPS) is 12.8. The molecule has 0 aromatic heterocycles. The molecule has 332 valence electrons. The third-order valence-corrected chi connectivity index (χ3v) is 10.8. The number of aliphatic hydroxyl groups excluding tert-OH is 1. The Bertz CT molecular complexity index is 931. The van der Waals surface area contributed by atoms with E-state index >= 15 is 0 Å². The van der Waals surface area contributed by atoms with Crippen LogP contribution in [0.3, 0.4) is 0 Å². The molecule has 0 saturated heterocycles. The minimum absolute atomic E-state index is 0.177. The number of carbonyl (C=O) groups excluding carboxylic acids is 1. The minimum atomic E-state index is -0.543. The molecular weight excluding hydrogens is 701 g/mol. The van der Waals surface area contributed by atoms with Crippen LogP contribution in [-0.2, 0) is 14.3 Å². The van der Waals surface area contributed by atoms with E-state index in [1.807, 2.05) is 0 Å². The first-order valence-electron chi connectivity index (χ1n) is 24.9. The molecule has 0 amide bonds. The number of unbranched alkanes of at least 4 members (excludes halogenated alkanes) is 28. The Morgan fingerprint density at radius 2 is 0.737 bits per heavy atom. The first-order chi connectivity index (χ1) is 28.2. The maximum Gasteiger partial charge on any atom is 0.306 e. The summed E-state index contributed by atoms with van der Waals surface area (Å²) >= 11 is 0. The zero-order valence-corrected chi connectivity index (χ0v) is 38.1. The van der Waals surface area contributed by atoms with E-state index in [0.717, 1.165) is 38.5 Å². The van der Waals surface area contributed by atoms with Crippen LogP contribution in [0.5, 0.6) is 0 Å². The molecule has 0 fully saturated rings. The number of hydrogen-bond acceptors (Lipinski definition) is 4. The molecule has 1 N–H and O–H groups in total. The molecule has 57 heavy (non-hydrogen) atoms. The molecule has 0 aromatic carbocycles. The van der Waals surface area contributed by atoms with Gasteiger partial charge in [-0.25, -0.2) is 0 Å². The zero-order chi connectivity index (χ0) is 41.2. The van der Waals surface area contributed by atoms with Gasteiger partial charge in [0.05, 0.1) is 13.2 Å². The van der Waals surface area contributed by atoms with Gasteiger partial charge in [-0.2, -0.15) is 0 Å². The van der Waals surface area contributed by atoms with Crippen molar-refractivity contribution >= 4 is 5.97 Å². The van der Waals surface area contributed by atoms with Gasteiger partial charge in [-0.1, -0.05) is 216 Å². The van der Waals surface area contributed by atoms with E-state index in [1.165, 1.54) is 186 Å². The zero-order valence-electron chi connectivity index (χ0n) is 38.1. The van der Waals surface area contributed by atoms with E-state index in [2.05, 4.69) is 74.6 Å². The average Bonchev–Trinajstić information content (AvgIpc) is 3.22. The number of rotatable bonds is 46. The standard InChI is InChI=1S/C53H96O4/c1-3-5-7-9-11-13-15-17-19-21-23-25-27-28-30-32-34-36-38-40-42-44-46-48-53(55)57-52(50-54)51-56-49-47-45-43-41-39-37-35-33-31-29-26-24-22-20-18-16-14-12-10-8-6-4-2/h15-18,21-24,27-28,52,54H,3-14,19-20,25-26,29-51H2,1-2H3/b17-15-,18-16-,23-21-,24-22-,28-27-. The molecule has 1 unspecified atom stereocenters. The van der Waals surface area contributed by atoms with Gasteiger partial charge in [0.1, 0.15) is 6.10 Å². The Morgan fingerprint density at radius 1 is 0.421 bits per heavy atom. The summed E-state index contributed by atoms with van der Waals surface area (Å²) in [4.78, 5) is 12.3. The Labute approximate surface area is 355 Å². The molecule has 0 rings (SSSR count). The van der Waals surface area contributed by atoms with Crippen LogP contribution in [0.25, 0.3) is 0 Å². The fourth-order valence-electron chi connectivity index (χ4n) is 7.07. The molecule has 1 atom stereocenters. The minimum Gasteiger partial charge on any atom is -0.457 e. The summed E-state index contributed by atoms with van der Waals surface area (Å²) in [6, 6.07) is 0. The number of aliphatic hydroxyl groups is 1. The van der Waals surface area contributed by atoms with Crippen LogP contribution in [0.15, 0.2) is 60.8 Å². The lowest BCUT2D eigenvalue weighted by Crippen LogP contribution is -2.27. The van der Waals surface area contributed by atoms with Crippen molar-refractivity contribution in [2.24, 2.45) is 0 Å². The summed E-state index contributed by atoms with van der Waals surface area (Å²) in [7, 11) is 0. The third kappa shape index (κ3) is 48.4. The van der Waals surface area contributed by atoms with E-state index in [9.17, 15) is 9.90 Å². The summed E-state index contributed by atoms with van der Waals surface area (Å²) in [6.45, 7) is 5.33. The molecule has 0 heterocycles. The largest absolute Gasteiger partial charge is 0.457 e. The van der Waals surface area contributed by atoms with Gasteiger partial charge >= 0.3 is 5.97 Å². The lowest BCUT2D eigenvalue weighted by atomic mass is 10.1. The summed E-state index contributed by atoms with van der Waals surface area (Å²) in [6.07, 6.45) is 67.3. The highest BCUT2D eigenvalue weighted by Gasteiger charge is 2.13. The van der Waals surface area contributed by atoms with Gasteiger partial charge in [0, 0.05) is 13.0 Å². The van der Waals surface area contributed by atoms with E-state index in [4.69, 9.17) is 9.47 Å². The third-order valence-electron chi connectivity index (χ3n) is 10.8. The van der Waals surface area contributed by atoms with Crippen molar-refractivity contribution in [2.45, 2.75) is 251 Å². The van der Waals surface area contributed by atoms with Crippen LogP contribution in [0.1, 0.15) is 245 Å². The quantitative estimate of drug-likeness (QED) is 0.0379. The average molecular weight is 797 g/mol. The van der Waals surface area contributed by atoms with Gasteiger partial charge in [0.25, 0.3) is 0 Å². The summed E-state index contributed by atoms with van der Waals surface area (Å²) < 4.78 is 11.2. The smallest absolute Gasteiger partial charge is 0.306 e. The van der Waals surface area contributed by atoms with E-state index in [1.54, 1.807) is 0 Å². The van der Waals surface area contributed by atoms with Crippen molar-refractivity contribution < 1.29 is 19.4 Å². The lowest BCUT2D eigenvalue weighted by molar-refractivity contribution is -0.154. The Kier molecular flexibility index (Phi) is 48.6.